The number of nitrogens with zero attached hydrogens (tertiary/aromatic N) is 3. The van der Waals surface area contributed by atoms with Gasteiger partial charge in [0.25, 0.3) is 5.56 Å². The fourth-order valence-corrected chi connectivity index (χ4v) is 5.08. The lowest BCUT2D eigenvalue weighted by Crippen LogP contribution is -2.39. The van der Waals surface area contributed by atoms with Crippen LogP contribution in [-0.4, -0.2) is 19.9 Å². The molecule has 2 aromatic heterocycles. The number of thiazole rings is 1. The topological polar surface area (TPSA) is 100.0 Å². The maximum Gasteiger partial charge on any atom is 0.332 e. The first-order valence-electron chi connectivity index (χ1n) is 9.77. The summed E-state index contributed by atoms with van der Waals surface area (Å²) >= 11 is 0.910. The Bertz CT molecular complexity index is 1320. The van der Waals surface area contributed by atoms with Crippen LogP contribution in [0.1, 0.15) is 52.5 Å². The summed E-state index contributed by atoms with van der Waals surface area (Å²) in [4.78, 5) is 42.8. The highest BCUT2D eigenvalue weighted by atomic mass is 32.1. The van der Waals surface area contributed by atoms with Gasteiger partial charge in [-0.3, -0.25) is 18.7 Å². The van der Waals surface area contributed by atoms with Gasteiger partial charge in [0, 0.05) is 20.0 Å². The lowest BCUT2D eigenvalue weighted by atomic mass is 9.99. The summed E-state index contributed by atoms with van der Waals surface area (Å²) in [5.74, 6) is -2.36. The minimum Gasteiger partial charge on any atom is -0.384 e. The van der Waals surface area contributed by atoms with Crippen LogP contribution in [-0.2, 0) is 14.1 Å². The summed E-state index contributed by atoms with van der Waals surface area (Å²) in [5, 5.41) is 0.177. The van der Waals surface area contributed by atoms with Gasteiger partial charge < -0.3 is 5.73 Å². The van der Waals surface area contributed by atoms with Crippen molar-refractivity contribution in [3.05, 3.63) is 66.8 Å². The third kappa shape index (κ3) is 3.50. The zero-order valence-corrected chi connectivity index (χ0v) is 17.8. The number of carbonyl (C=O) groups is 1. The average Bonchev–Trinajstić information content (AvgIpc) is 3.42. The minimum absolute atomic E-state index is 0.00705. The molecule has 31 heavy (non-hydrogen) atoms. The van der Waals surface area contributed by atoms with Crippen molar-refractivity contribution in [3.8, 4) is 10.6 Å². The number of nitrogens with two attached hydrogens (primary N) is 1. The van der Waals surface area contributed by atoms with Crippen LogP contribution in [0.5, 0.6) is 0 Å². The van der Waals surface area contributed by atoms with Gasteiger partial charge in [-0.25, -0.2) is 18.6 Å². The molecule has 0 unspecified atom stereocenters. The number of benzene rings is 1. The smallest absolute Gasteiger partial charge is 0.332 e. The normalized spacial score (nSPS) is 14.3. The largest absolute Gasteiger partial charge is 0.384 e. The van der Waals surface area contributed by atoms with Crippen LogP contribution in [0, 0.1) is 11.6 Å². The van der Waals surface area contributed by atoms with Gasteiger partial charge in [0.15, 0.2) is 0 Å². The molecule has 1 aliphatic carbocycles. The molecule has 0 saturated heterocycles. The van der Waals surface area contributed by atoms with Gasteiger partial charge in [-0.1, -0.05) is 12.8 Å². The van der Waals surface area contributed by atoms with Crippen molar-refractivity contribution in [1.82, 2.24) is 14.1 Å². The number of carbonyl (C=O) groups excluding carboxylic acids is 1. The van der Waals surface area contributed by atoms with E-state index < -0.39 is 34.2 Å². The predicted molar refractivity (Wildman–Crippen MR) is 113 cm³/mol. The summed E-state index contributed by atoms with van der Waals surface area (Å²) in [6.07, 6.45) is 3.53. The number of hydrogen-bond donors (Lipinski definition) is 1. The molecule has 0 atom stereocenters. The van der Waals surface area contributed by atoms with Crippen LogP contribution in [0.3, 0.4) is 0 Å². The Morgan fingerprint density at radius 1 is 1.16 bits per heavy atom. The van der Waals surface area contributed by atoms with E-state index >= 15 is 0 Å². The number of halogens is 2. The fraction of sp³-hybridized carbons (Fsp3) is 0.333. The van der Waals surface area contributed by atoms with E-state index in [4.69, 9.17) is 5.73 Å². The van der Waals surface area contributed by atoms with Crippen molar-refractivity contribution in [3.63, 3.8) is 0 Å². The van der Waals surface area contributed by atoms with Gasteiger partial charge >= 0.3 is 5.69 Å². The second kappa shape index (κ2) is 7.84. The molecule has 1 aliphatic rings. The zero-order chi connectivity index (χ0) is 22.4. The fourth-order valence-electron chi connectivity index (χ4n) is 3.93. The van der Waals surface area contributed by atoms with Crippen LogP contribution in [0.4, 0.5) is 14.6 Å². The Kier molecular flexibility index (Phi) is 5.34. The predicted octanol–water partition coefficient (Wildman–Crippen LogP) is 2.96. The molecule has 2 heterocycles. The zero-order valence-electron chi connectivity index (χ0n) is 16.9. The number of nitrogen functional groups attached to an aromatic ring is 1. The second-order valence-electron chi connectivity index (χ2n) is 7.63. The molecular weight excluding hydrogens is 426 g/mol. The molecular formula is C21H20F2N4O3S. The maximum absolute atomic E-state index is 14.3. The van der Waals surface area contributed by atoms with Crippen LogP contribution in [0.25, 0.3) is 10.6 Å². The van der Waals surface area contributed by atoms with E-state index in [1.54, 1.807) is 0 Å². The van der Waals surface area contributed by atoms with Crippen molar-refractivity contribution in [2.45, 2.75) is 31.6 Å². The van der Waals surface area contributed by atoms with Gasteiger partial charge in [0.05, 0.1) is 16.1 Å². The highest BCUT2D eigenvalue weighted by molar-refractivity contribution is 7.17. The Morgan fingerprint density at radius 2 is 1.84 bits per heavy atom. The Labute approximate surface area is 179 Å². The van der Waals surface area contributed by atoms with E-state index in [1.165, 1.54) is 14.1 Å². The molecule has 0 amide bonds. The van der Waals surface area contributed by atoms with E-state index in [0.717, 1.165) is 64.4 Å². The molecule has 3 aromatic rings. The van der Waals surface area contributed by atoms with Crippen LogP contribution in [0.2, 0.25) is 0 Å². The molecule has 2 N–H and O–H groups in total. The van der Waals surface area contributed by atoms with Gasteiger partial charge in [0.2, 0.25) is 5.78 Å². The van der Waals surface area contributed by atoms with E-state index in [0.29, 0.717) is 5.69 Å². The SMILES string of the molecule is Cn1c(N)c(-c2nc(C3CCCC3)c(C(=O)c3cc(F)ccc3F)s2)c(=O)n(C)c1=O. The number of anilines is 1. The monoisotopic (exact) mass is 446 g/mol. The summed E-state index contributed by atoms with van der Waals surface area (Å²) in [5.41, 5.74) is 4.90. The van der Waals surface area contributed by atoms with E-state index in [2.05, 4.69) is 4.98 Å². The summed E-state index contributed by atoms with van der Waals surface area (Å²) in [6.45, 7) is 0. The van der Waals surface area contributed by atoms with Crippen molar-refractivity contribution in [2.75, 3.05) is 5.73 Å². The van der Waals surface area contributed by atoms with Crippen molar-refractivity contribution < 1.29 is 13.6 Å². The average molecular weight is 446 g/mol. The second-order valence-corrected chi connectivity index (χ2v) is 8.63. The van der Waals surface area contributed by atoms with Crippen LogP contribution >= 0.6 is 11.3 Å². The van der Waals surface area contributed by atoms with Gasteiger partial charge in [-0.2, -0.15) is 0 Å². The van der Waals surface area contributed by atoms with Crippen molar-refractivity contribution in [1.29, 1.82) is 0 Å². The molecule has 1 fully saturated rings. The van der Waals surface area contributed by atoms with Gasteiger partial charge in [-0.15, -0.1) is 11.3 Å². The summed E-state index contributed by atoms with van der Waals surface area (Å²) < 4.78 is 30.1. The molecule has 162 valence electrons. The Morgan fingerprint density at radius 3 is 2.52 bits per heavy atom. The summed E-state index contributed by atoms with van der Waals surface area (Å²) in [6, 6.07) is 2.70. The Balaban J connectivity index is 1.94. The van der Waals surface area contributed by atoms with Crippen LogP contribution < -0.4 is 17.0 Å². The molecule has 0 radical (unpaired) electrons. The van der Waals surface area contributed by atoms with Crippen LogP contribution in [0.15, 0.2) is 27.8 Å². The standard InChI is InChI=1S/C21H20F2N4O3S/c1-26-18(24)14(20(29)27(2)21(26)30)19-25-15(10-5-3-4-6-10)17(31-19)16(28)12-9-11(22)7-8-13(12)23/h7-10H,3-6,24H2,1-2H3. The lowest BCUT2D eigenvalue weighted by Gasteiger charge is -2.10. The number of aromatic nitrogens is 3. The first-order valence-corrected chi connectivity index (χ1v) is 10.6. The molecule has 10 heteroatoms. The maximum atomic E-state index is 14.3. The van der Waals surface area contributed by atoms with Gasteiger partial charge in [0.1, 0.15) is 28.0 Å². The molecule has 0 spiro atoms. The number of ketones is 1. The van der Waals surface area contributed by atoms with E-state index in [-0.39, 0.29) is 27.2 Å². The quantitative estimate of drug-likeness (QED) is 0.621. The lowest BCUT2D eigenvalue weighted by molar-refractivity contribution is 0.103. The van der Waals surface area contributed by atoms with E-state index in [1.807, 2.05) is 0 Å². The highest BCUT2D eigenvalue weighted by Crippen LogP contribution is 2.40. The molecule has 7 nitrogen and oxygen atoms in total. The molecule has 1 aromatic carbocycles. The molecule has 1 saturated carbocycles. The van der Waals surface area contributed by atoms with E-state index in [9.17, 15) is 23.2 Å². The summed E-state index contributed by atoms with van der Waals surface area (Å²) in [7, 11) is 2.76. The van der Waals surface area contributed by atoms with Crippen molar-refractivity contribution >= 4 is 22.9 Å². The first kappa shape index (κ1) is 21.1. The molecule has 4 rings (SSSR count). The number of hydrogen-bond acceptors (Lipinski definition) is 6. The Hall–Kier alpha value is -3.14. The highest BCUT2D eigenvalue weighted by Gasteiger charge is 2.31. The van der Waals surface area contributed by atoms with Gasteiger partial charge in [-0.05, 0) is 31.0 Å². The third-order valence-corrected chi connectivity index (χ3v) is 6.79. The minimum atomic E-state index is -0.837. The number of rotatable bonds is 4. The van der Waals surface area contributed by atoms with Crippen molar-refractivity contribution in [2.24, 2.45) is 14.1 Å². The first-order chi connectivity index (χ1) is 14.7. The molecule has 0 aliphatic heterocycles. The third-order valence-electron chi connectivity index (χ3n) is 5.70. The molecule has 0 bridgehead atoms.